The monoisotopic (exact) mass is 232 g/mol. The predicted molar refractivity (Wildman–Crippen MR) is 81.2 cm³/mol. The molecule has 0 spiro atoms. The molecular formula is C18H16. The van der Waals surface area contributed by atoms with E-state index in [1.807, 2.05) is 0 Å². The van der Waals surface area contributed by atoms with Gasteiger partial charge in [0.15, 0.2) is 0 Å². The Balaban J connectivity index is 2.71. The summed E-state index contributed by atoms with van der Waals surface area (Å²) in [6, 6.07) is 13.1. The number of benzene rings is 3. The molecule has 0 aliphatic heterocycles. The van der Waals surface area contributed by atoms with E-state index in [0.717, 1.165) is 10.4 Å². The van der Waals surface area contributed by atoms with Crippen molar-refractivity contribution in [3.8, 4) is 0 Å². The maximum absolute atomic E-state index is 4.21. The summed E-state index contributed by atoms with van der Waals surface area (Å²) in [4.78, 5) is 0. The van der Waals surface area contributed by atoms with Crippen LogP contribution in [0.1, 0.15) is 11.1 Å². The lowest BCUT2D eigenvalue weighted by atomic mass is 9.96. The molecule has 0 heterocycles. The van der Waals surface area contributed by atoms with E-state index in [1.165, 1.54) is 32.7 Å². The maximum atomic E-state index is 4.21. The average molecular weight is 232 g/mol. The van der Waals surface area contributed by atoms with Crippen LogP contribution in [0.15, 0.2) is 36.4 Å². The molecule has 3 rings (SSSR count). The van der Waals surface area contributed by atoms with Gasteiger partial charge in [0.05, 0.1) is 0 Å². The standard InChI is InChI=1S/C18H16/c1-11-5-7-15-16-8-6-12(2)10-18(16)14(4)13(3)17(15)9-11/h5-10H,3-4H2,1-2H3. The number of hydrogen-bond acceptors (Lipinski definition) is 0. The second-order valence-corrected chi connectivity index (χ2v) is 5.06. The molecule has 0 bridgehead atoms. The van der Waals surface area contributed by atoms with E-state index in [2.05, 4.69) is 63.4 Å². The van der Waals surface area contributed by atoms with Gasteiger partial charge in [-0.15, -0.1) is 0 Å². The molecule has 88 valence electrons. The molecule has 0 nitrogen and oxygen atoms in total. The van der Waals surface area contributed by atoms with Gasteiger partial charge in [0.2, 0.25) is 0 Å². The van der Waals surface area contributed by atoms with Gasteiger partial charge in [0.25, 0.3) is 0 Å². The Bertz CT molecular complexity index is 795. The fourth-order valence-electron chi connectivity index (χ4n) is 2.61. The molecule has 0 aromatic heterocycles. The molecule has 0 saturated carbocycles. The summed E-state index contributed by atoms with van der Waals surface area (Å²) in [6.45, 7) is 12.6. The normalized spacial score (nSPS) is 11.2. The molecule has 0 fully saturated rings. The topological polar surface area (TPSA) is 0 Å². The fraction of sp³-hybridized carbons (Fsp3) is 0.111. The van der Waals surface area contributed by atoms with E-state index in [9.17, 15) is 0 Å². The molecule has 3 aromatic rings. The van der Waals surface area contributed by atoms with Crippen molar-refractivity contribution in [3.63, 3.8) is 0 Å². The van der Waals surface area contributed by atoms with Crippen LogP contribution in [0.25, 0.3) is 34.7 Å². The lowest BCUT2D eigenvalue weighted by Crippen LogP contribution is -2.23. The number of hydrogen-bond donors (Lipinski definition) is 0. The molecule has 0 aliphatic rings. The average Bonchev–Trinajstić information content (AvgIpc) is 2.36. The van der Waals surface area contributed by atoms with E-state index in [4.69, 9.17) is 0 Å². The molecule has 0 radical (unpaired) electrons. The summed E-state index contributed by atoms with van der Waals surface area (Å²) in [7, 11) is 0. The number of aryl methyl sites for hydroxylation is 2. The Labute approximate surface area is 107 Å². The SMILES string of the molecule is C=c1c(=C)c2cc(C)ccc2c2ccc(C)cc12. The van der Waals surface area contributed by atoms with Crippen LogP contribution in [0, 0.1) is 13.8 Å². The highest BCUT2D eigenvalue weighted by molar-refractivity contribution is 6.08. The third kappa shape index (κ3) is 1.46. The van der Waals surface area contributed by atoms with E-state index in [0.29, 0.717) is 0 Å². The van der Waals surface area contributed by atoms with Crippen LogP contribution in [-0.2, 0) is 0 Å². The zero-order valence-electron chi connectivity index (χ0n) is 10.9. The van der Waals surface area contributed by atoms with Crippen LogP contribution in [0.3, 0.4) is 0 Å². The quantitative estimate of drug-likeness (QED) is 0.521. The van der Waals surface area contributed by atoms with Crippen molar-refractivity contribution in [3.05, 3.63) is 58.0 Å². The lowest BCUT2D eigenvalue weighted by Gasteiger charge is -2.08. The molecule has 0 heteroatoms. The smallest absolute Gasteiger partial charge is 0.00990 e. The first-order valence-corrected chi connectivity index (χ1v) is 6.18. The van der Waals surface area contributed by atoms with Crippen LogP contribution in [-0.4, -0.2) is 0 Å². The van der Waals surface area contributed by atoms with Crippen LogP contribution in [0.2, 0.25) is 0 Å². The Morgan fingerprint density at radius 3 is 1.39 bits per heavy atom. The van der Waals surface area contributed by atoms with Crippen LogP contribution in [0.4, 0.5) is 0 Å². The minimum absolute atomic E-state index is 1.05. The van der Waals surface area contributed by atoms with Crippen molar-refractivity contribution in [1.29, 1.82) is 0 Å². The van der Waals surface area contributed by atoms with Gasteiger partial charge in [0.1, 0.15) is 0 Å². The van der Waals surface area contributed by atoms with Crippen molar-refractivity contribution in [2.75, 3.05) is 0 Å². The largest absolute Gasteiger partial charge is 0.0905 e. The van der Waals surface area contributed by atoms with Crippen LogP contribution < -0.4 is 10.4 Å². The molecule has 0 unspecified atom stereocenters. The third-order valence-electron chi connectivity index (χ3n) is 3.65. The maximum Gasteiger partial charge on any atom is -0.00990 e. The van der Waals surface area contributed by atoms with E-state index >= 15 is 0 Å². The highest BCUT2D eigenvalue weighted by Crippen LogP contribution is 2.22. The minimum atomic E-state index is 1.05. The Kier molecular flexibility index (Phi) is 2.27. The van der Waals surface area contributed by atoms with Crippen molar-refractivity contribution >= 4 is 34.7 Å². The molecule has 0 saturated heterocycles. The second-order valence-electron chi connectivity index (χ2n) is 5.06. The van der Waals surface area contributed by atoms with Gasteiger partial charge in [0, 0.05) is 0 Å². The Hall–Kier alpha value is -2.08. The van der Waals surface area contributed by atoms with Gasteiger partial charge in [-0.1, -0.05) is 60.7 Å². The van der Waals surface area contributed by atoms with Gasteiger partial charge in [-0.2, -0.15) is 0 Å². The summed E-state index contributed by atoms with van der Waals surface area (Å²) >= 11 is 0. The van der Waals surface area contributed by atoms with Gasteiger partial charge in [-0.05, 0) is 45.8 Å². The molecule has 0 N–H and O–H groups in total. The summed E-state index contributed by atoms with van der Waals surface area (Å²) in [5.41, 5.74) is 2.52. The fourth-order valence-corrected chi connectivity index (χ4v) is 2.61. The molecular weight excluding hydrogens is 216 g/mol. The molecule has 0 amide bonds. The van der Waals surface area contributed by atoms with Crippen molar-refractivity contribution in [1.82, 2.24) is 0 Å². The zero-order chi connectivity index (χ0) is 12.9. The summed E-state index contributed by atoms with van der Waals surface area (Å²) in [5.74, 6) is 0. The Morgan fingerprint density at radius 1 is 0.611 bits per heavy atom. The summed E-state index contributed by atoms with van der Waals surface area (Å²) < 4.78 is 0. The number of rotatable bonds is 0. The first kappa shape index (κ1) is 11.0. The first-order chi connectivity index (χ1) is 8.58. The van der Waals surface area contributed by atoms with Gasteiger partial charge >= 0.3 is 0 Å². The van der Waals surface area contributed by atoms with E-state index < -0.39 is 0 Å². The highest BCUT2D eigenvalue weighted by Gasteiger charge is 2.04. The third-order valence-corrected chi connectivity index (χ3v) is 3.65. The van der Waals surface area contributed by atoms with Crippen LogP contribution in [0.5, 0.6) is 0 Å². The molecule has 0 atom stereocenters. The minimum Gasteiger partial charge on any atom is -0.0905 e. The van der Waals surface area contributed by atoms with Gasteiger partial charge in [-0.25, -0.2) is 0 Å². The summed E-state index contributed by atoms with van der Waals surface area (Å²) in [6.07, 6.45) is 0. The predicted octanol–water partition coefficient (Wildman–Crippen LogP) is 3.43. The van der Waals surface area contributed by atoms with Gasteiger partial charge in [-0.3, -0.25) is 0 Å². The lowest BCUT2D eigenvalue weighted by molar-refractivity contribution is 1.48. The van der Waals surface area contributed by atoms with Gasteiger partial charge < -0.3 is 0 Å². The van der Waals surface area contributed by atoms with Crippen LogP contribution >= 0.6 is 0 Å². The molecule has 3 aromatic carbocycles. The van der Waals surface area contributed by atoms with Crippen molar-refractivity contribution < 1.29 is 0 Å². The van der Waals surface area contributed by atoms with E-state index in [1.54, 1.807) is 0 Å². The molecule has 0 aliphatic carbocycles. The highest BCUT2D eigenvalue weighted by atomic mass is 14.1. The second kappa shape index (κ2) is 3.71. The summed E-state index contributed by atoms with van der Waals surface area (Å²) in [5, 5.41) is 7.08. The van der Waals surface area contributed by atoms with Crippen molar-refractivity contribution in [2.24, 2.45) is 0 Å². The molecule has 18 heavy (non-hydrogen) atoms. The zero-order valence-corrected chi connectivity index (χ0v) is 10.9. The Morgan fingerprint density at radius 2 is 1.00 bits per heavy atom. The first-order valence-electron chi connectivity index (χ1n) is 6.18. The van der Waals surface area contributed by atoms with E-state index in [-0.39, 0.29) is 0 Å². The van der Waals surface area contributed by atoms with Crippen molar-refractivity contribution in [2.45, 2.75) is 13.8 Å². The number of fused-ring (bicyclic) bond motifs is 3.